The molecule has 0 saturated carbocycles. The molecule has 2 N–H and O–H groups in total. The van der Waals surface area contributed by atoms with E-state index in [2.05, 4.69) is 0 Å². The van der Waals surface area contributed by atoms with Crippen LogP contribution < -0.4 is 10.0 Å². The molecular formula is C15H15FN2O3S. The molecule has 0 saturated heterocycles. The molecule has 2 aromatic rings. The second-order valence-corrected chi connectivity index (χ2v) is 6.63. The van der Waals surface area contributed by atoms with Crippen molar-refractivity contribution in [1.82, 2.24) is 0 Å². The zero-order valence-corrected chi connectivity index (χ0v) is 12.7. The summed E-state index contributed by atoms with van der Waals surface area (Å²) in [6.07, 6.45) is 0. The molecule has 0 aromatic heterocycles. The molecule has 0 heterocycles. The summed E-state index contributed by atoms with van der Waals surface area (Å²) in [5.41, 5.74) is 6.41. The summed E-state index contributed by atoms with van der Waals surface area (Å²) in [5.74, 6) is -1.33. The largest absolute Gasteiger partial charge is 0.368 e. The van der Waals surface area contributed by atoms with E-state index in [9.17, 15) is 17.6 Å². The number of anilines is 1. The number of nitrogens with zero attached hydrogens (tertiary/aromatic N) is 1. The third-order valence-corrected chi connectivity index (χ3v) is 4.81. The van der Waals surface area contributed by atoms with Crippen molar-refractivity contribution < 1.29 is 17.6 Å². The Morgan fingerprint density at radius 1 is 1.09 bits per heavy atom. The van der Waals surface area contributed by atoms with Crippen LogP contribution in [0.1, 0.15) is 5.56 Å². The monoisotopic (exact) mass is 322 g/mol. The second kappa shape index (κ2) is 6.15. The normalized spacial score (nSPS) is 11.2. The van der Waals surface area contributed by atoms with Gasteiger partial charge in [-0.2, -0.15) is 0 Å². The van der Waals surface area contributed by atoms with E-state index in [1.807, 2.05) is 6.92 Å². The average Bonchev–Trinajstić information content (AvgIpc) is 2.46. The van der Waals surface area contributed by atoms with Crippen molar-refractivity contribution in [3.8, 4) is 0 Å². The van der Waals surface area contributed by atoms with Crippen LogP contribution in [0.25, 0.3) is 0 Å². The van der Waals surface area contributed by atoms with Crippen molar-refractivity contribution in [3.63, 3.8) is 0 Å². The first-order valence-corrected chi connectivity index (χ1v) is 7.88. The molecule has 116 valence electrons. The van der Waals surface area contributed by atoms with Crippen LogP contribution in [0.3, 0.4) is 0 Å². The number of carbonyl (C=O) groups is 1. The number of hydrogen-bond acceptors (Lipinski definition) is 3. The zero-order chi connectivity index (χ0) is 16.3. The number of amides is 1. The lowest BCUT2D eigenvalue weighted by Crippen LogP contribution is -2.38. The Labute approximate surface area is 128 Å². The fourth-order valence-electron chi connectivity index (χ4n) is 1.90. The summed E-state index contributed by atoms with van der Waals surface area (Å²) in [5, 5.41) is 0. The van der Waals surface area contributed by atoms with Gasteiger partial charge in [-0.05, 0) is 43.3 Å². The van der Waals surface area contributed by atoms with Crippen LogP contribution in [0, 0.1) is 12.7 Å². The molecular weight excluding hydrogens is 307 g/mol. The molecule has 5 nitrogen and oxygen atoms in total. The van der Waals surface area contributed by atoms with Gasteiger partial charge in [-0.15, -0.1) is 0 Å². The third kappa shape index (κ3) is 3.43. The molecule has 7 heteroatoms. The molecule has 1 amide bonds. The van der Waals surface area contributed by atoms with Gasteiger partial charge in [-0.25, -0.2) is 12.8 Å². The SMILES string of the molecule is Cc1ccc(N(CC(N)=O)S(=O)(=O)c2ccc(F)cc2)cc1. The van der Waals surface area contributed by atoms with Crippen molar-refractivity contribution >= 4 is 21.6 Å². The first-order valence-electron chi connectivity index (χ1n) is 6.44. The zero-order valence-electron chi connectivity index (χ0n) is 11.9. The van der Waals surface area contributed by atoms with Crippen LogP contribution >= 0.6 is 0 Å². The molecule has 0 fully saturated rings. The van der Waals surface area contributed by atoms with Crippen LogP contribution in [0.5, 0.6) is 0 Å². The molecule has 0 bridgehead atoms. The van der Waals surface area contributed by atoms with E-state index in [0.717, 1.165) is 34.1 Å². The van der Waals surface area contributed by atoms with Gasteiger partial charge in [0.15, 0.2) is 0 Å². The molecule has 0 radical (unpaired) electrons. The maximum atomic E-state index is 13.0. The minimum absolute atomic E-state index is 0.115. The van der Waals surface area contributed by atoms with Gasteiger partial charge in [0.1, 0.15) is 12.4 Å². The number of rotatable bonds is 5. The maximum absolute atomic E-state index is 13.0. The van der Waals surface area contributed by atoms with Crippen LogP contribution in [0.2, 0.25) is 0 Å². The van der Waals surface area contributed by atoms with Crippen molar-refractivity contribution in [1.29, 1.82) is 0 Å². The molecule has 0 aliphatic heterocycles. The van der Waals surface area contributed by atoms with Crippen LogP contribution in [-0.4, -0.2) is 20.9 Å². The van der Waals surface area contributed by atoms with E-state index < -0.39 is 28.3 Å². The van der Waals surface area contributed by atoms with Crippen molar-refractivity contribution in [2.75, 3.05) is 10.8 Å². The number of primary amides is 1. The Morgan fingerprint density at radius 2 is 1.64 bits per heavy atom. The van der Waals surface area contributed by atoms with Gasteiger partial charge >= 0.3 is 0 Å². The second-order valence-electron chi connectivity index (χ2n) is 4.77. The van der Waals surface area contributed by atoms with Gasteiger partial charge in [0.2, 0.25) is 5.91 Å². The Kier molecular flexibility index (Phi) is 4.46. The summed E-state index contributed by atoms with van der Waals surface area (Å²) in [4.78, 5) is 11.1. The summed E-state index contributed by atoms with van der Waals surface area (Å²) < 4.78 is 39.2. The quantitative estimate of drug-likeness (QED) is 0.911. The Bertz CT molecular complexity index is 771. The maximum Gasteiger partial charge on any atom is 0.264 e. The standard InChI is InChI=1S/C15H15FN2O3S/c1-11-2-6-13(7-3-11)18(10-15(17)19)22(20,21)14-8-4-12(16)5-9-14/h2-9H,10H2,1H3,(H2,17,19). The third-order valence-electron chi connectivity index (χ3n) is 3.02. The first-order chi connectivity index (χ1) is 10.3. The number of carbonyl (C=O) groups excluding carboxylic acids is 1. The summed E-state index contributed by atoms with van der Waals surface area (Å²) in [7, 11) is -4.01. The van der Waals surface area contributed by atoms with Crippen LogP contribution in [0.4, 0.5) is 10.1 Å². The van der Waals surface area contributed by atoms with E-state index in [1.54, 1.807) is 24.3 Å². The fraction of sp³-hybridized carbons (Fsp3) is 0.133. The van der Waals surface area contributed by atoms with Crippen molar-refractivity contribution in [2.45, 2.75) is 11.8 Å². The molecule has 2 aromatic carbocycles. The van der Waals surface area contributed by atoms with E-state index >= 15 is 0 Å². The summed E-state index contributed by atoms with van der Waals surface area (Å²) in [6.45, 7) is 1.36. The predicted molar refractivity (Wildman–Crippen MR) is 81.3 cm³/mol. The van der Waals surface area contributed by atoms with Gasteiger partial charge in [-0.1, -0.05) is 17.7 Å². The number of nitrogens with two attached hydrogens (primary N) is 1. The molecule has 22 heavy (non-hydrogen) atoms. The van der Waals surface area contributed by atoms with E-state index in [4.69, 9.17) is 5.73 Å². The van der Waals surface area contributed by atoms with Crippen LogP contribution in [0.15, 0.2) is 53.4 Å². The molecule has 0 atom stereocenters. The van der Waals surface area contributed by atoms with Crippen molar-refractivity contribution in [2.24, 2.45) is 5.73 Å². The van der Waals surface area contributed by atoms with Gasteiger partial charge in [0, 0.05) is 0 Å². The minimum atomic E-state index is -4.01. The van der Waals surface area contributed by atoms with E-state index in [0.29, 0.717) is 5.69 Å². The van der Waals surface area contributed by atoms with Gasteiger partial charge in [0.05, 0.1) is 10.6 Å². The number of sulfonamides is 1. The Hall–Kier alpha value is -2.41. The Balaban J connectivity index is 2.50. The molecule has 0 spiro atoms. The highest BCUT2D eigenvalue weighted by Gasteiger charge is 2.26. The highest BCUT2D eigenvalue weighted by molar-refractivity contribution is 7.92. The highest BCUT2D eigenvalue weighted by Crippen LogP contribution is 2.24. The van der Waals surface area contributed by atoms with Gasteiger partial charge < -0.3 is 5.73 Å². The lowest BCUT2D eigenvalue weighted by atomic mass is 10.2. The smallest absolute Gasteiger partial charge is 0.264 e. The van der Waals surface area contributed by atoms with Crippen molar-refractivity contribution in [3.05, 3.63) is 59.9 Å². The lowest BCUT2D eigenvalue weighted by Gasteiger charge is -2.23. The molecule has 2 rings (SSSR count). The fourth-order valence-corrected chi connectivity index (χ4v) is 3.33. The van der Waals surface area contributed by atoms with E-state index in [-0.39, 0.29) is 4.90 Å². The van der Waals surface area contributed by atoms with E-state index in [1.165, 1.54) is 0 Å². The number of aryl methyl sites for hydroxylation is 1. The first kappa shape index (κ1) is 16.0. The molecule has 0 aliphatic rings. The lowest BCUT2D eigenvalue weighted by molar-refractivity contribution is -0.116. The predicted octanol–water partition coefficient (Wildman–Crippen LogP) is 1.81. The summed E-state index contributed by atoms with van der Waals surface area (Å²) >= 11 is 0. The topological polar surface area (TPSA) is 80.5 Å². The van der Waals surface area contributed by atoms with Crippen LogP contribution in [-0.2, 0) is 14.8 Å². The number of halogens is 1. The Morgan fingerprint density at radius 3 is 2.14 bits per heavy atom. The van der Waals surface area contributed by atoms with Gasteiger partial charge in [-0.3, -0.25) is 9.10 Å². The number of hydrogen-bond donors (Lipinski definition) is 1. The molecule has 0 aliphatic carbocycles. The average molecular weight is 322 g/mol. The minimum Gasteiger partial charge on any atom is -0.368 e. The molecule has 0 unspecified atom stereocenters. The number of benzene rings is 2. The van der Waals surface area contributed by atoms with Gasteiger partial charge in [0.25, 0.3) is 10.0 Å². The summed E-state index contributed by atoms with van der Waals surface area (Å²) in [6, 6.07) is 11.0. The highest BCUT2D eigenvalue weighted by atomic mass is 32.2.